The predicted molar refractivity (Wildman–Crippen MR) is 240 cm³/mol. The Hall–Kier alpha value is -1.38. The van der Waals surface area contributed by atoms with E-state index in [4.69, 9.17) is 9.47 Å². The zero-order valence-electron chi connectivity index (χ0n) is 38.9. The molecule has 0 spiro atoms. The molecule has 10 atom stereocenters. The molecule has 12 heteroatoms. The normalized spacial score (nSPS) is 22.0. The summed E-state index contributed by atoms with van der Waals surface area (Å²) in [7, 11) is 0. The molecule has 60 heavy (non-hydrogen) atoms. The lowest BCUT2D eigenvalue weighted by Crippen LogP contribution is -2.65. The van der Waals surface area contributed by atoms with Gasteiger partial charge in [0.1, 0.15) is 36.6 Å². The number of aliphatic hydroxyl groups is 6. The van der Waals surface area contributed by atoms with Gasteiger partial charge in [0.2, 0.25) is 11.8 Å². The molecule has 0 radical (unpaired) electrons. The standard InChI is InChI=1S/C48H94N2O10/c1-6-8-10-12-14-15-16-17-18-19-20-21-22-23-24-25-26-28-30-32-40(53)47(58)50-39(35-59-48-42(49-37(5)52)46(57)45(56)41(34-51)60-48)44(55)43(54)38(33-36(3)4)31-29-27-13-11-9-7-2/h36,38-46,48,51,53-57H,6-35H2,1-5H3,(H,49,52)(H,50,58)/t38?,39-,40+,41?,42?,43+,44-,45+,46?,48+/m0/s1. The van der Waals surface area contributed by atoms with Crippen molar-refractivity contribution in [2.24, 2.45) is 11.8 Å². The smallest absolute Gasteiger partial charge is 0.249 e. The Morgan fingerprint density at radius 3 is 1.48 bits per heavy atom. The minimum absolute atomic E-state index is 0.250. The van der Waals surface area contributed by atoms with Crippen LogP contribution in [0.3, 0.4) is 0 Å². The maximum atomic E-state index is 13.4. The van der Waals surface area contributed by atoms with Crippen LogP contribution in [0.2, 0.25) is 0 Å². The minimum Gasteiger partial charge on any atom is -0.394 e. The monoisotopic (exact) mass is 859 g/mol. The molecule has 8 N–H and O–H groups in total. The van der Waals surface area contributed by atoms with Gasteiger partial charge < -0.3 is 50.7 Å². The molecule has 1 heterocycles. The van der Waals surface area contributed by atoms with Crippen LogP contribution in [0.4, 0.5) is 0 Å². The quantitative estimate of drug-likeness (QED) is 0.0283. The summed E-state index contributed by atoms with van der Waals surface area (Å²) in [4.78, 5) is 25.4. The maximum Gasteiger partial charge on any atom is 0.249 e. The number of rotatable bonds is 39. The van der Waals surface area contributed by atoms with E-state index < -0.39 is 80.0 Å². The van der Waals surface area contributed by atoms with Crippen LogP contribution >= 0.6 is 0 Å². The molecule has 1 saturated heterocycles. The summed E-state index contributed by atoms with van der Waals surface area (Å²) < 4.78 is 11.7. The Labute approximate surface area is 365 Å². The van der Waals surface area contributed by atoms with Gasteiger partial charge in [0.05, 0.1) is 25.4 Å². The minimum atomic E-state index is -1.54. The predicted octanol–water partition coefficient (Wildman–Crippen LogP) is 7.75. The second-order valence-electron chi connectivity index (χ2n) is 18.5. The third-order valence-electron chi connectivity index (χ3n) is 12.4. The lowest BCUT2D eigenvalue weighted by molar-refractivity contribution is -0.273. The Balaban J connectivity index is 2.69. The molecule has 0 aliphatic carbocycles. The van der Waals surface area contributed by atoms with Crippen LogP contribution < -0.4 is 10.6 Å². The van der Waals surface area contributed by atoms with Gasteiger partial charge in [-0.3, -0.25) is 9.59 Å². The van der Waals surface area contributed by atoms with Crippen LogP contribution in [0.15, 0.2) is 0 Å². The average Bonchev–Trinajstić information content (AvgIpc) is 3.22. The van der Waals surface area contributed by atoms with Gasteiger partial charge in [-0.15, -0.1) is 0 Å². The van der Waals surface area contributed by atoms with E-state index in [1.165, 1.54) is 110 Å². The van der Waals surface area contributed by atoms with Crippen molar-refractivity contribution in [3.8, 4) is 0 Å². The molecule has 1 fully saturated rings. The van der Waals surface area contributed by atoms with E-state index in [-0.39, 0.29) is 18.3 Å². The van der Waals surface area contributed by atoms with Crippen molar-refractivity contribution in [3.05, 3.63) is 0 Å². The second kappa shape index (κ2) is 36.0. The second-order valence-corrected chi connectivity index (χ2v) is 18.5. The molecular weight excluding hydrogens is 765 g/mol. The fourth-order valence-corrected chi connectivity index (χ4v) is 8.60. The van der Waals surface area contributed by atoms with Crippen molar-refractivity contribution in [1.82, 2.24) is 10.6 Å². The third kappa shape index (κ3) is 25.7. The summed E-state index contributed by atoms with van der Waals surface area (Å²) >= 11 is 0. The molecule has 1 rings (SSSR count). The number of ether oxygens (including phenoxy) is 2. The van der Waals surface area contributed by atoms with Crippen molar-refractivity contribution in [2.45, 2.75) is 269 Å². The fraction of sp³-hybridized carbons (Fsp3) is 0.958. The first kappa shape index (κ1) is 56.6. The van der Waals surface area contributed by atoms with Gasteiger partial charge in [-0.1, -0.05) is 188 Å². The van der Waals surface area contributed by atoms with E-state index in [0.29, 0.717) is 19.3 Å². The van der Waals surface area contributed by atoms with Crippen LogP contribution in [-0.4, -0.2) is 111 Å². The van der Waals surface area contributed by atoms with Crippen molar-refractivity contribution >= 4 is 11.8 Å². The van der Waals surface area contributed by atoms with Crippen molar-refractivity contribution < 1.29 is 49.7 Å². The van der Waals surface area contributed by atoms with E-state index in [9.17, 15) is 40.2 Å². The van der Waals surface area contributed by atoms with Gasteiger partial charge in [0, 0.05) is 6.92 Å². The van der Waals surface area contributed by atoms with E-state index >= 15 is 0 Å². The van der Waals surface area contributed by atoms with E-state index in [1.54, 1.807) is 0 Å². The first-order valence-corrected chi connectivity index (χ1v) is 24.7. The first-order valence-electron chi connectivity index (χ1n) is 24.7. The summed E-state index contributed by atoms with van der Waals surface area (Å²) in [6, 6.07) is -2.41. The van der Waals surface area contributed by atoms with Gasteiger partial charge in [0.15, 0.2) is 6.29 Å². The van der Waals surface area contributed by atoms with Gasteiger partial charge in [0.25, 0.3) is 0 Å². The van der Waals surface area contributed by atoms with Gasteiger partial charge in [-0.05, 0) is 31.1 Å². The Morgan fingerprint density at radius 1 is 0.633 bits per heavy atom. The molecular formula is C48H94N2O10. The molecule has 0 bridgehead atoms. The molecule has 1 aliphatic heterocycles. The number of hydrogen-bond donors (Lipinski definition) is 8. The van der Waals surface area contributed by atoms with Gasteiger partial charge >= 0.3 is 0 Å². The number of unbranched alkanes of at least 4 members (excludes halogenated alkanes) is 23. The lowest BCUT2D eigenvalue weighted by Gasteiger charge is -2.43. The zero-order valence-corrected chi connectivity index (χ0v) is 38.9. The topological polar surface area (TPSA) is 198 Å². The molecule has 0 aromatic heterocycles. The van der Waals surface area contributed by atoms with E-state index in [2.05, 4.69) is 38.3 Å². The third-order valence-corrected chi connectivity index (χ3v) is 12.4. The SMILES string of the molecule is CCCCCCCCCCCCCCCCCCCCC[C@@H](O)C(=O)N[C@@H](CO[C@@H]1OC(CO)[C@@H](O)C(O)C1NC(C)=O)[C@H](O)[C@H](O)C(CCCCCCCC)CC(C)C. The highest BCUT2D eigenvalue weighted by Gasteiger charge is 2.46. The van der Waals surface area contributed by atoms with Crippen LogP contribution in [0.25, 0.3) is 0 Å². The summed E-state index contributed by atoms with van der Waals surface area (Å²) in [6.07, 6.45) is 22.4. The van der Waals surface area contributed by atoms with Crippen LogP contribution in [0.5, 0.6) is 0 Å². The summed E-state index contributed by atoms with van der Waals surface area (Å²) in [5.74, 6) is -1.22. The Bertz CT molecular complexity index is 1040. The number of hydrogen-bond acceptors (Lipinski definition) is 10. The first-order chi connectivity index (χ1) is 28.9. The highest BCUT2D eigenvalue weighted by Crippen LogP contribution is 2.27. The number of aliphatic hydroxyl groups excluding tert-OH is 6. The molecule has 356 valence electrons. The summed E-state index contributed by atoms with van der Waals surface area (Å²) in [5.41, 5.74) is 0. The Kier molecular flexibility index (Phi) is 34.0. The molecule has 0 aromatic rings. The van der Waals surface area contributed by atoms with Crippen LogP contribution in [0.1, 0.15) is 214 Å². The fourth-order valence-electron chi connectivity index (χ4n) is 8.60. The van der Waals surface area contributed by atoms with Gasteiger partial charge in [-0.25, -0.2) is 0 Å². The highest BCUT2D eigenvalue weighted by atomic mass is 16.7. The molecule has 1 aliphatic rings. The Morgan fingerprint density at radius 2 is 1.07 bits per heavy atom. The average molecular weight is 859 g/mol. The number of amides is 2. The molecule has 0 aromatic carbocycles. The van der Waals surface area contributed by atoms with Crippen molar-refractivity contribution in [1.29, 1.82) is 0 Å². The molecule has 0 saturated carbocycles. The molecule has 4 unspecified atom stereocenters. The van der Waals surface area contributed by atoms with Crippen LogP contribution in [-0.2, 0) is 19.1 Å². The highest BCUT2D eigenvalue weighted by molar-refractivity contribution is 5.80. The largest absolute Gasteiger partial charge is 0.394 e. The summed E-state index contributed by atoms with van der Waals surface area (Å²) in [5, 5.41) is 70.4. The number of carbonyl (C=O) groups excluding carboxylic acids is 2. The zero-order chi connectivity index (χ0) is 44.5. The molecule has 12 nitrogen and oxygen atoms in total. The van der Waals surface area contributed by atoms with Crippen molar-refractivity contribution in [3.63, 3.8) is 0 Å². The van der Waals surface area contributed by atoms with E-state index in [1.807, 2.05) is 0 Å². The van der Waals surface area contributed by atoms with E-state index in [0.717, 1.165) is 51.4 Å². The number of carbonyl (C=O) groups is 2. The number of nitrogens with one attached hydrogen (secondary N) is 2. The maximum absolute atomic E-state index is 13.4. The van der Waals surface area contributed by atoms with Gasteiger partial charge in [-0.2, -0.15) is 0 Å². The van der Waals surface area contributed by atoms with Crippen LogP contribution in [0, 0.1) is 11.8 Å². The molecule has 2 amide bonds. The van der Waals surface area contributed by atoms with Crippen molar-refractivity contribution in [2.75, 3.05) is 13.2 Å². The summed E-state index contributed by atoms with van der Waals surface area (Å²) in [6.45, 7) is 8.75. The lowest BCUT2D eigenvalue weighted by atomic mass is 9.83.